The fourth-order valence-corrected chi connectivity index (χ4v) is 4.30. The van der Waals surface area contributed by atoms with Crippen LogP contribution in [0.1, 0.15) is 20.8 Å². The molecule has 0 heterocycles. The Morgan fingerprint density at radius 2 is 1.58 bits per heavy atom. The number of ether oxygens (including phenoxy) is 1. The van der Waals surface area contributed by atoms with Gasteiger partial charge in [-0.1, -0.05) is 50.7 Å². The molecule has 0 radical (unpaired) electrons. The molecule has 0 saturated heterocycles. The van der Waals surface area contributed by atoms with E-state index in [-0.39, 0.29) is 0 Å². The third-order valence-electron chi connectivity index (χ3n) is 2.85. The lowest BCUT2D eigenvalue weighted by Gasteiger charge is -2.23. The van der Waals surface area contributed by atoms with E-state index in [0.29, 0.717) is 0 Å². The second-order valence-corrected chi connectivity index (χ2v) is 8.46. The van der Waals surface area contributed by atoms with E-state index < -0.39 is 8.07 Å². The van der Waals surface area contributed by atoms with Gasteiger partial charge in [-0.25, -0.2) is 0 Å². The molecule has 0 atom stereocenters. The summed E-state index contributed by atoms with van der Waals surface area (Å²) in [6.45, 7) is 7.72. The van der Waals surface area contributed by atoms with E-state index in [9.17, 15) is 0 Å². The predicted molar refractivity (Wildman–Crippen MR) is 58.2 cm³/mol. The van der Waals surface area contributed by atoms with Crippen LogP contribution in [0, 0.1) is 0 Å². The zero-order chi connectivity index (χ0) is 9.45. The third-order valence-corrected chi connectivity index (χ3v) is 8.01. The molecular formula is C10H22OSi. The van der Waals surface area contributed by atoms with Crippen LogP contribution in [-0.4, -0.2) is 21.8 Å². The first kappa shape index (κ1) is 11.9. The van der Waals surface area contributed by atoms with Crippen LogP contribution < -0.4 is 0 Å². The highest BCUT2D eigenvalue weighted by Gasteiger charge is 2.22. The fraction of sp³-hybridized carbons (Fsp3) is 0.800. The largest absolute Gasteiger partial charge is 0.381 e. The molecule has 0 spiro atoms. The normalized spacial score (nSPS) is 12.7. The second-order valence-electron chi connectivity index (χ2n) is 3.28. The highest BCUT2D eigenvalue weighted by Crippen LogP contribution is 2.21. The van der Waals surface area contributed by atoms with Gasteiger partial charge in [-0.2, -0.15) is 0 Å². The highest BCUT2D eigenvalue weighted by molar-refractivity contribution is 6.84. The molecule has 0 aliphatic heterocycles. The summed E-state index contributed by atoms with van der Waals surface area (Å²) in [5, 5.41) is 0. The molecule has 0 N–H and O–H groups in total. The Labute approximate surface area is 77.8 Å². The van der Waals surface area contributed by atoms with Gasteiger partial charge in [0.05, 0.1) is 14.7 Å². The van der Waals surface area contributed by atoms with Crippen molar-refractivity contribution in [3.8, 4) is 0 Å². The molecule has 0 aromatic rings. The van der Waals surface area contributed by atoms with E-state index >= 15 is 0 Å². The molecule has 0 aliphatic rings. The first-order chi connectivity index (χ1) is 5.74. The van der Waals surface area contributed by atoms with Crippen molar-refractivity contribution < 1.29 is 4.74 Å². The average molecular weight is 186 g/mol. The van der Waals surface area contributed by atoms with Crippen molar-refractivity contribution in [2.24, 2.45) is 0 Å². The van der Waals surface area contributed by atoms with E-state index in [2.05, 4.69) is 32.5 Å². The van der Waals surface area contributed by atoms with Crippen molar-refractivity contribution in [2.45, 2.75) is 38.9 Å². The first-order valence-electron chi connectivity index (χ1n) is 4.91. The highest BCUT2D eigenvalue weighted by atomic mass is 28.3. The standard InChI is InChI=1S/C10H22OSi/c1-5-12(6-2,7-3)10-8-9-11-4/h8,10H,5-7,9H2,1-4H3/b10-8+. The number of rotatable bonds is 6. The van der Waals surface area contributed by atoms with E-state index in [1.165, 1.54) is 18.1 Å². The van der Waals surface area contributed by atoms with Crippen LogP contribution in [-0.2, 0) is 4.74 Å². The van der Waals surface area contributed by atoms with Gasteiger partial charge < -0.3 is 4.74 Å². The van der Waals surface area contributed by atoms with Crippen LogP contribution in [0.4, 0.5) is 0 Å². The van der Waals surface area contributed by atoms with Gasteiger partial charge in [0.25, 0.3) is 0 Å². The molecule has 0 rings (SSSR count). The molecule has 0 fully saturated rings. The fourth-order valence-electron chi connectivity index (χ4n) is 1.50. The zero-order valence-electron chi connectivity index (χ0n) is 8.89. The lowest BCUT2D eigenvalue weighted by atomic mass is 10.7. The van der Waals surface area contributed by atoms with Gasteiger partial charge in [0.1, 0.15) is 0 Å². The molecule has 0 aliphatic carbocycles. The first-order valence-corrected chi connectivity index (χ1v) is 7.61. The smallest absolute Gasteiger partial charge is 0.0767 e. The van der Waals surface area contributed by atoms with E-state index in [1.54, 1.807) is 7.11 Å². The van der Waals surface area contributed by atoms with Gasteiger partial charge in [-0.05, 0) is 0 Å². The van der Waals surface area contributed by atoms with Gasteiger partial charge in [0.15, 0.2) is 0 Å². The molecule has 72 valence electrons. The Balaban J connectivity index is 4.09. The van der Waals surface area contributed by atoms with Crippen LogP contribution >= 0.6 is 0 Å². The van der Waals surface area contributed by atoms with E-state index in [4.69, 9.17) is 4.74 Å². The summed E-state index contributed by atoms with van der Waals surface area (Å²) in [6.07, 6.45) is 2.20. The number of hydrogen-bond acceptors (Lipinski definition) is 1. The molecule has 0 unspecified atom stereocenters. The molecule has 0 aromatic carbocycles. The van der Waals surface area contributed by atoms with Gasteiger partial charge >= 0.3 is 0 Å². The summed E-state index contributed by atoms with van der Waals surface area (Å²) < 4.78 is 5.01. The van der Waals surface area contributed by atoms with Gasteiger partial charge in [0.2, 0.25) is 0 Å². The van der Waals surface area contributed by atoms with E-state index in [1.807, 2.05) is 0 Å². The van der Waals surface area contributed by atoms with Crippen molar-refractivity contribution in [2.75, 3.05) is 13.7 Å². The summed E-state index contributed by atoms with van der Waals surface area (Å²) in [6, 6.07) is 4.08. The number of hydrogen-bond donors (Lipinski definition) is 0. The molecule has 2 heteroatoms. The van der Waals surface area contributed by atoms with Crippen molar-refractivity contribution in [1.29, 1.82) is 0 Å². The minimum atomic E-state index is -1.02. The topological polar surface area (TPSA) is 9.23 Å². The SMILES string of the molecule is CC[Si](/C=C/COC)(CC)CC. The molecule has 0 bridgehead atoms. The van der Waals surface area contributed by atoms with Crippen LogP contribution in [0.3, 0.4) is 0 Å². The summed E-state index contributed by atoms with van der Waals surface area (Å²) in [5.41, 5.74) is 2.45. The van der Waals surface area contributed by atoms with Gasteiger partial charge in [-0.15, -0.1) is 0 Å². The molecule has 0 amide bonds. The summed E-state index contributed by atoms with van der Waals surface area (Å²) in [5.74, 6) is 0. The van der Waals surface area contributed by atoms with E-state index in [0.717, 1.165) is 6.61 Å². The zero-order valence-corrected chi connectivity index (χ0v) is 9.89. The van der Waals surface area contributed by atoms with Crippen LogP contribution in [0.25, 0.3) is 0 Å². The summed E-state index contributed by atoms with van der Waals surface area (Å²) >= 11 is 0. The lowest BCUT2D eigenvalue weighted by molar-refractivity contribution is 0.234. The van der Waals surface area contributed by atoms with Crippen molar-refractivity contribution in [1.82, 2.24) is 0 Å². The van der Waals surface area contributed by atoms with Crippen molar-refractivity contribution >= 4 is 8.07 Å². The maximum atomic E-state index is 5.01. The second kappa shape index (κ2) is 6.43. The minimum Gasteiger partial charge on any atom is -0.381 e. The van der Waals surface area contributed by atoms with Crippen LogP contribution in [0.15, 0.2) is 11.8 Å². The third kappa shape index (κ3) is 3.54. The quantitative estimate of drug-likeness (QED) is 0.579. The lowest BCUT2D eigenvalue weighted by Crippen LogP contribution is -2.28. The molecule has 1 nitrogen and oxygen atoms in total. The monoisotopic (exact) mass is 186 g/mol. The molecule has 0 aromatic heterocycles. The molecule has 12 heavy (non-hydrogen) atoms. The van der Waals surface area contributed by atoms with Crippen LogP contribution in [0.5, 0.6) is 0 Å². The minimum absolute atomic E-state index is 0.773. The van der Waals surface area contributed by atoms with Crippen molar-refractivity contribution in [3.63, 3.8) is 0 Å². The van der Waals surface area contributed by atoms with Crippen LogP contribution in [0.2, 0.25) is 18.1 Å². The maximum Gasteiger partial charge on any atom is 0.0767 e. The van der Waals surface area contributed by atoms with Gasteiger partial charge in [-0.3, -0.25) is 0 Å². The summed E-state index contributed by atoms with van der Waals surface area (Å²) in [7, 11) is 0.732. The predicted octanol–water partition coefficient (Wildman–Crippen LogP) is 3.24. The summed E-state index contributed by atoms with van der Waals surface area (Å²) in [4.78, 5) is 0. The maximum absolute atomic E-state index is 5.01. The Morgan fingerprint density at radius 1 is 1.08 bits per heavy atom. The average Bonchev–Trinajstić information content (AvgIpc) is 2.14. The molecular weight excluding hydrogens is 164 g/mol. The Hall–Kier alpha value is -0.0831. The number of methoxy groups -OCH3 is 1. The molecule has 0 saturated carbocycles. The van der Waals surface area contributed by atoms with Crippen molar-refractivity contribution in [3.05, 3.63) is 11.8 Å². The Bertz CT molecular complexity index is 120. The Kier molecular flexibility index (Phi) is 6.39. The van der Waals surface area contributed by atoms with Gasteiger partial charge in [0, 0.05) is 7.11 Å². The Morgan fingerprint density at radius 3 is 1.92 bits per heavy atom.